The van der Waals surface area contributed by atoms with E-state index in [4.69, 9.17) is 11.0 Å². The molecule has 1 saturated heterocycles. The maximum Gasteiger partial charge on any atom is 0.130 e. The van der Waals surface area contributed by atoms with Gasteiger partial charge in [-0.15, -0.1) is 11.3 Å². The zero-order valence-electron chi connectivity index (χ0n) is 10.3. The third kappa shape index (κ3) is 2.18. The highest BCUT2D eigenvalue weighted by Crippen LogP contribution is 2.50. The van der Waals surface area contributed by atoms with Crippen molar-refractivity contribution in [3.63, 3.8) is 0 Å². The highest BCUT2D eigenvalue weighted by molar-refractivity contribution is 7.17. The molecular formula is C13H18N4S. The molecule has 4 N–H and O–H groups in total. The highest BCUT2D eigenvalue weighted by atomic mass is 32.1. The van der Waals surface area contributed by atoms with E-state index >= 15 is 0 Å². The van der Waals surface area contributed by atoms with Gasteiger partial charge >= 0.3 is 0 Å². The second kappa shape index (κ2) is 4.79. The summed E-state index contributed by atoms with van der Waals surface area (Å²) in [4.78, 5) is 0.674. The molecule has 2 fully saturated rings. The van der Waals surface area contributed by atoms with Crippen molar-refractivity contribution in [1.82, 2.24) is 5.32 Å². The molecule has 2 heterocycles. The highest BCUT2D eigenvalue weighted by Gasteiger charge is 2.32. The summed E-state index contributed by atoms with van der Waals surface area (Å²) in [7, 11) is 0. The van der Waals surface area contributed by atoms with Gasteiger partial charge in [-0.25, -0.2) is 0 Å². The minimum atomic E-state index is 0.522. The predicted octanol–water partition coefficient (Wildman–Crippen LogP) is 2.24. The van der Waals surface area contributed by atoms with Gasteiger partial charge in [0.1, 0.15) is 10.9 Å². The number of anilines is 2. The van der Waals surface area contributed by atoms with Crippen molar-refractivity contribution in [2.75, 3.05) is 24.1 Å². The Kier molecular flexibility index (Phi) is 3.14. The van der Waals surface area contributed by atoms with Crippen LogP contribution in [0, 0.1) is 11.3 Å². The summed E-state index contributed by atoms with van der Waals surface area (Å²) in [6.07, 6.45) is 4.72. The maximum absolute atomic E-state index is 9.11. The van der Waals surface area contributed by atoms with Gasteiger partial charge in [0.25, 0.3) is 0 Å². The van der Waals surface area contributed by atoms with Crippen LogP contribution in [0.15, 0.2) is 0 Å². The molecule has 0 spiro atoms. The largest absolute Gasteiger partial charge is 0.397 e. The van der Waals surface area contributed by atoms with Crippen molar-refractivity contribution >= 4 is 22.0 Å². The van der Waals surface area contributed by atoms with Crippen LogP contribution in [0.1, 0.15) is 42.0 Å². The minimum absolute atomic E-state index is 0.522. The van der Waals surface area contributed by atoms with Crippen molar-refractivity contribution in [3.8, 4) is 6.07 Å². The number of nitrogen functional groups attached to an aromatic ring is 1. The Hall–Kier alpha value is -1.25. The van der Waals surface area contributed by atoms with Gasteiger partial charge in [0.2, 0.25) is 0 Å². The molecule has 1 aliphatic heterocycles. The van der Waals surface area contributed by atoms with Gasteiger partial charge in [0.15, 0.2) is 0 Å². The number of thiophene rings is 1. The molecule has 0 atom stereocenters. The molecule has 0 bridgehead atoms. The lowest BCUT2D eigenvalue weighted by atomic mass is 10.1. The van der Waals surface area contributed by atoms with Crippen molar-refractivity contribution in [2.45, 2.75) is 37.6 Å². The Morgan fingerprint density at radius 2 is 2.00 bits per heavy atom. The summed E-state index contributed by atoms with van der Waals surface area (Å²) in [5.74, 6) is 0.590. The Bertz CT molecular complexity index is 478. The van der Waals surface area contributed by atoms with Gasteiger partial charge < -0.3 is 16.4 Å². The molecular weight excluding hydrogens is 244 g/mol. The molecule has 0 aromatic carbocycles. The fourth-order valence-corrected chi connectivity index (χ4v) is 3.66. The zero-order valence-corrected chi connectivity index (χ0v) is 11.1. The Morgan fingerprint density at radius 3 is 2.61 bits per heavy atom. The quantitative estimate of drug-likeness (QED) is 0.781. The molecule has 5 heteroatoms. The van der Waals surface area contributed by atoms with Crippen LogP contribution in [-0.2, 0) is 0 Å². The predicted molar refractivity (Wildman–Crippen MR) is 74.9 cm³/mol. The Labute approximate surface area is 111 Å². The minimum Gasteiger partial charge on any atom is -0.397 e. The molecule has 0 amide bonds. The lowest BCUT2D eigenvalue weighted by Gasteiger charge is -2.24. The van der Waals surface area contributed by atoms with E-state index in [0.29, 0.717) is 16.8 Å². The summed E-state index contributed by atoms with van der Waals surface area (Å²) in [6.45, 7) is 2.14. The fraction of sp³-hybridized carbons (Fsp3) is 0.615. The van der Waals surface area contributed by atoms with Gasteiger partial charge in [-0.1, -0.05) is 0 Å². The van der Waals surface area contributed by atoms with Gasteiger partial charge in [-0.05, 0) is 44.7 Å². The first-order valence-electron chi connectivity index (χ1n) is 6.59. The average Bonchev–Trinajstić information content (AvgIpc) is 3.17. The number of nitriles is 1. The summed E-state index contributed by atoms with van der Waals surface area (Å²) >= 11 is 1.53. The number of hydrogen-bond donors (Lipinski definition) is 3. The molecule has 18 heavy (non-hydrogen) atoms. The van der Waals surface area contributed by atoms with Crippen molar-refractivity contribution in [3.05, 3.63) is 10.4 Å². The van der Waals surface area contributed by atoms with E-state index in [1.165, 1.54) is 29.7 Å². The van der Waals surface area contributed by atoms with Crippen LogP contribution in [0.4, 0.5) is 10.7 Å². The van der Waals surface area contributed by atoms with Gasteiger partial charge in [0.05, 0.1) is 10.7 Å². The number of hydrogen-bond acceptors (Lipinski definition) is 5. The molecule has 3 rings (SSSR count). The van der Waals surface area contributed by atoms with Crippen molar-refractivity contribution in [2.24, 2.45) is 0 Å². The summed E-state index contributed by atoms with van der Waals surface area (Å²) in [5.41, 5.74) is 8.04. The van der Waals surface area contributed by atoms with Gasteiger partial charge in [0, 0.05) is 11.6 Å². The third-order valence-electron chi connectivity index (χ3n) is 3.75. The van der Waals surface area contributed by atoms with Crippen molar-refractivity contribution in [1.29, 1.82) is 5.26 Å². The molecule has 1 aliphatic carbocycles. The van der Waals surface area contributed by atoms with E-state index in [0.717, 1.165) is 36.6 Å². The first kappa shape index (κ1) is 11.8. The van der Waals surface area contributed by atoms with Crippen LogP contribution in [0.3, 0.4) is 0 Å². The maximum atomic E-state index is 9.11. The molecule has 1 saturated carbocycles. The third-order valence-corrected chi connectivity index (χ3v) is 4.80. The smallest absolute Gasteiger partial charge is 0.130 e. The van der Waals surface area contributed by atoms with Crippen molar-refractivity contribution < 1.29 is 0 Å². The van der Waals surface area contributed by atoms with Crippen LogP contribution in [0.2, 0.25) is 0 Å². The Morgan fingerprint density at radius 1 is 1.28 bits per heavy atom. The molecule has 0 unspecified atom stereocenters. The molecule has 1 aromatic rings. The molecule has 1 aromatic heterocycles. The van der Waals surface area contributed by atoms with Gasteiger partial charge in [-0.2, -0.15) is 5.26 Å². The van der Waals surface area contributed by atoms with E-state index in [-0.39, 0.29) is 0 Å². The Balaban J connectivity index is 1.83. The number of nitrogens with two attached hydrogens (primary N) is 1. The van der Waals surface area contributed by atoms with E-state index in [1.54, 1.807) is 0 Å². The summed E-state index contributed by atoms with van der Waals surface area (Å²) in [5, 5.41) is 17.2. The van der Waals surface area contributed by atoms with Crippen LogP contribution < -0.4 is 16.4 Å². The summed E-state index contributed by atoms with van der Waals surface area (Å²) < 4.78 is 0. The first-order valence-corrected chi connectivity index (χ1v) is 7.40. The fourth-order valence-electron chi connectivity index (χ4n) is 2.58. The summed E-state index contributed by atoms with van der Waals surface area (Å²) in [6, 6.07) is 2.74. The van der Waals surface area contributed by atoms with E-state index < -0.39 is 0 Å². The SMILES string of the molecule is N#Cc1sc(NC2CCNCC2)c(C2CC2)c1N. The molecule has 0 radical (unpaired) electrons. The number of nitrogens with one attached hydrogen (secondary N) is 2. The van der Waals surface area contributed by atoms with Crippen LogP contribution in [0.25, 0.3) is 0 Å². The van der Waals surface area contributed by atoms with Crippen LogP contribution >= 0.6 is 11.3 Å². The normalized spacial score (nSPS) is 20.6. The molecule has 4 nitrogen and oxygen atoms in total. The van der Waals surface area contributed by atoms with Gasteiger partial charge in [-0.3, -0.25) is 0 Å². The van der Waals surface area contributed by atoms with Crippen LogP contribution in [0.5, 0.6) is 0 Å². The van der Waals surface area contributed by atoms with Crippen LogP contribution in [-0.4, -0.2) is 19.1 Å². The van der Waals surface area contributed by atoms with E-state index in [9.17, 15) is 0 Å². The average molecular weight is 262 g/mol. The zero-order chi connectivity index (χ0) is 12.5. The lowest BCUT2D eigenvalue weighted by molar-refractivity contribution is 0.479. The van der Waals surface area contributed by atoms with E-state index in [1.807, 2.05) is 0 Å². The lowest BCUT2D eigenvalue weighted by Crippen LogP contribution is -2.35. The molecule has 96 valence electrons. The topological polar surface area (TPSA) is 73.9 Å². The monoisotopic (exact) mass is 262 g/mol. The first-order chi connectivity index (χ1) is 8.79. The number of piperidine rings is 1. The van der Waals surface area contributed by atoms with E-state index in [2.05, 4.69) is 16.7 Å². The number of rotatable bonds is 3. The second-order valence-corrected chi connectivity index (χ2v) is 6.16. The standard InChI is InChI=1S/C13H18N4S/c14-7-10-12(15)11(8-1-2-8)13(18-10)17-9-3-5-16-6-4-9/h8-9,16-17H,1-6,15H2. The second-order valence-electron chi connectivity index (χ2n) is 5.14. The molecule has 2 aliphatic rings. The number of nitrogens with zero attached hydrogens (tertiary/aromatic N) is 1.